The van der Waals surface area contributed by atoms with Gasteiger partial charge in [-0.1, -0.05) is 0 Å². The van der Waals surface area contributed by atoms with Crippen molar-refractivity contribution in [3.63, 3.8) is 0 Å². The molecule has 128 valence electrons. The molecule has 0 aliphatic heterocycles. The van der Waals surface area contributed by atoms with Crippen molar-refractivity contribution in [2.45, 2.75) is 27.2 Å². The molecule has 0 fully saturated rings. The van der Waals surface area contributed by atoms with Gasteiger partial charge in [0.2, 0.25) is 11.5 Å². The molecule has 0 bridgehead atoms. The lowest BCUT2D eigenvalue weighted by atomic mass is 10.1. The fourth-order valence-corrected chi connectivity index (χ4v) is 2.04. The second-order valence-corrected chi connectivity index (χ2v) is 4.35. The normalized spacial score (nSPS) is 10.1. The van der Waals surface area contributed by atoms with Crippen LogP contribution < -0.4 is 14.2 Å². The van der Waals surface area contributed by atoms with Crippen LogP contribution in [0.4, 0.5) is 5.69 Å². The van der Waals surface area contributed by atoms with Gasteiger partial charge < -0.3 is 18.9 Å². The Bertz CT molecular complexity index is 571. The molecule has 0 heterocycles. The lowest BCUT2D eigenvalue weighted by Gasteiger charge is -2.17. The van der Waals surface area contributed by atoms with E-state index in [4.69, 9.17) is 14.2 Å². The van der Waals surface area contributed by atoms with Crippen LogP contribution in [0.1, 0.15) is 26.3 Å². The van der Waals surface area contributed by atoms with Gasteiger partial charge in [-0.15, -0.1) is 0 Å². The van der Waals surface area contributed by atoms with E-state index in [-0.39, 0.29) is 42.4 Å². The average molecular weight is 327 g/mol. The third-order valence-electron chi connectivity index (χ3n) is 2.88. The first kappa shape index (κ1) is 18.5. The molecule has 8 nitrogen and oxygen atoms in total. The van der Waals surface area contributed by atoms with E-state index in [1.54, 1.807) is 20.8 Å². The maximum absolute atomic E-state index is 11.5. The number of nitro groups is 1. The lowest BCUT2D eigenvalue weighted by Crippen LogP contribution is -2.11. The number of ether oxygens (including phenoxy) is 4. The Morgan fingerprint density at radius 1 is 1.09 bits per heavy atom. The van der Waals surface area contributed by atoms with Gasteiger partial charge in [0.25, 0.3) is 0 Å². The van der Waals surface area contributed by atoms with Crippen LogP contribution in [0.3, 0.4) is 0 Å². The van der Waals surface area contributed by atoms with Crippen molar-refractivity contribution in [3.05, 3.63) is 21.7 Å². The fourth-order valence-electron chi connectivity index (χ4n) is 2.04. The van der Waals surface area contributed by atoms with Crippen LogP contribution in [-0.4, -0.2) is 37.8 Å². The van der Waals surface area contributed by atoms with Crippen LogP contribution in [-0.2, 0) is 16.0 Å². The van der Waals surface area contributed by atoms with Crippen molar-refractivity contribution in [2.24, 2.45) is 0 Å². The Morgan fingerprint density at radius 2 is 1.65 bits per heavy atom. The summed E-state index contributed by atoms with van der Waals surface area (Å²) in [5.41, 5.74) is -0.165. The summed E-state index contributed by atoms with van der Waals surface area (Å²) < 4.78 is 21.0. The minimum atomic E-state index is -0.596. The Balaban J connectivity index is 3.60. The number of hydrogen-bond donors (Lipinski definition) is 0. The van der Waals surface area contributed by atoms with E-state index in [1.165, 1.54) is 13.2 Å². The second-order valence-electron chi connectivity index (χ2n) is 4.35. The molecule has 0 atom stereocenters. The first-order chi connectivity index (χ1) is 11.0. The summed E-state index contributed by atoms with van der Waals surface area (Å²) in [5.74, 6) is -0.176. The van der Waals surface area contributed by atoms with Crippen LogP contribution >= 0.6 is 0 Å². The van der Waals surface area contributed by atoms with E-state index in [2.05, 4.69) is 4.74 Å². The molecular formula is C15H21NO7. The molecule has 1 rings (SSSR count). The number of methoxy groups -OCH3 is 1. The summed E-state index contributed by atoms with van der Waals surface area (Å²) in [5, 5.41) is 11.5. The molecule has 0 saturated heterocycles. The zero-order chi connectivity index (χ0) is 17.4. The highest BCUT2D eigenvalue weighted by Crippen LogP contribution is 2.47. The van der Waals surface area contributed by atoms with Gasteiger partial charge in [0.1, 0.15) is 0 Å². The third-order valence-corrected chi connectivity index (χ3v) is 2.88. The van der Waals surface area contributed by atoms with Gasteiger partial charge in [0.15, 0.2) is 5.75 Å². The number of rotatable bonds is 9. The van der Waals surface area contributed by atoms with Gasteiger partial charge >= 0.3 is 11.7 Å². The predicted octanol–water partition coefficient (Wildman–Crippen LogP) is 2.51. The first-order valence-corrected chi connectivity index (χ1v) is 7.29. The minimum absolute atomic E-state index is 0.0378. The van der Waals surface area contributed by atoms with Crippen LogP contribution in [0.15, 0.2) is 6.07 Å². The fraction of sp³-hybridized carbons (Fsp3) is 0.533. The van der Waals surface area contributed by atoms with Crippen molar-refractivity contribution in [1.29, 1.82) is 0 Å². The van der Waals surface area contributed by atoms with Crippen molar-refractivity contribution in [1.82, 2.24) is 0 Å². The highest BCUT2D eigenvalue weighted by Gasteiger charge is 2.30. The number of benzene rings is 1. The van der Waals surface area contributed by atoms with Crippen molar-refractivity contribution in [3.8, 4) is 17.2 Å². The number of carbonyl (C=O) groups excluding carboxylic acids is 1. The van der Waals surface area contributed by atoms with Crippen molar-refractivity contribution < 1.29 is 28.7 Å². The largest absolute Gasteiger partial charge is 0.490 e. The van der Waals surface area contributed by atoms with Crippen LogP contribution in [0, 0.1) is 10.1 Å². The molecule has 0 radical (unpaired) electrons. The van der Waals surface area contributed by atoms with E-state index >= 15 is 0 Å². The molecule has 0 saturated carbocycles. The SMILES string of the molecule is CCOc1cc(CC(=O)OC)c([N+](=O)[O-])c(OCC)c1OCC. The second kappa shape index (κ2) is 8.82. The zero-order valence-electron chi connectivity index (χ0n) is 13.7. The molecule has 0 aliphatic carbocycles. The first-order valence-electron chi connectivity index (χ1n) is 7.29. The summed E-state index contributed by atoms with van der Waals surface area (Å²) in [6.45, 7) is 6.05. The van der Waals surface area contributed by atoms with Gasteiger partial charge in [-0.2, -0.15) is 0 Å². The van der Waals surface area contributed by atoms with Gasteiger partial charge in [-0.05, 0) is 26.8 Å². The minimum Gasteiger partial charge on any atom is -0.490 e. The lowest BCUT2D eigenvalue weighted by molar-refractivity contribution is -0.386. The van der Waals surface area contributed by atoms with E-state index < -0.39 is 10.9 Å². The molecule has 0 amide bonds. The average Bonchev–Trinajstić information content (AvgIpc) is 2.50. The molecule has 1 aromatic carbocycles. The molecule has 0 unspecified atom stereocenters. The maximum atomic E-state index is 11.5. The Kier molecular flexibility index (Phi) is 7.11. The molecule has 0 spiro atoms. The highest BCUT2D eigenvalue weighted by atomic mass is 16.6. The molecule has 8 heteroatoms. The van der Waals surface area contributed by atoms with Crippen molar-refractivity contribution in [2.75, 3.05) is 26.9 Å². The molecular weight excluding hydrogens is 306 g/mol. The summed E-state index contributed by atoms with van der Waals surface area (Å²) >= 11 is 0. The quantitative estimate of drug-likeness (QED) is 0.390. The van der Waals surface area contributed by atoms with Gasteiger partial charge in [-0.3, -0.25) is 14.9 Å². The number of esters is 1. The monoisotopic (exact) mass is 327 g/mol. The number of nitro benzene ring substituents is 1. The predicted molar refractivity (Wildman–Crippen MR) is 82.3 cm³/mol. The number of carbonyl (C=O) groups is 1. The summed E-state index contributed by atoms with van der Waals surface area (Å²) in [6.07, 6.45) is -0.265. The zero-order valence-corrected chi connectivity index (χ0v) is 13.7. The molecule has 0 N–H and O–H groups in total. The maximum Gasteiger partial charge on any atom is 0.318 e. The van der Waals surface area contributed by atoms with Crippen LogP contribution in [0.25, 0.3) is 0 Å². The molecule has 23 heavy (non-hydrogen) atoms. The molecule has 1 aromatic rings. The highest BCUT2D eigenvalue weighted by molar-refractivity contribution is 5.77. The number of hydrogen-bond acceptors (Lipinski definition) is 7. The van der Waals surface area contributed by atoms with Crippen molar-refractivity contribution >= 4 is 11.7 Å². The van der Waals surface area contributed by atoms with E-state index in [1.807, 2.05) is 0 Å². The van der Waals surface area contributed by atoms with Gasteiger partial charge in [-0.25, -0.2) is 0 Å². The van der Waals surface area contributed by atoms with Gasteiger partial charge in [0, 0.05) is 5.56 Å². The Labute approximate surface area is 134 Å². The molecule has 0 aliphatic rings. The summed E-state index contributed by atoms with van der Waals surface area (Å²) in [7, 11) is 1.22. The topological polar surface area (TPSA) is 97.1 Å². The van der Waals surface area contributed by atoms with E-state index in [0.717, 1.165) is 0 Å². The summed E-state index contributed by atoms with van der Waals surface area (Å²) in [4.78, 5) is 22.4. The smallest absolute Gasteiger partial charge is 0.318 e. The summed E-state index contributed by atoms with van der Waals surface area (Å²) in [6, 6.07) is 1.42. The van der Waals surface area contributed by atoms with Gasteiger partial charge in [0.05, 0.1) is 38.3 Å². The Morgan fingerprint density at radius 3 is 2.13 bits per heavy atom. The molecule has 0 aromatic heterocycles. The number of nitrogens with zero attached hydrogens (tertiary/aromatic N) is 1. The van der Waals surface area contributed by atoms with E-state index in [0.29, 0.717) is 12.4 Å². The van der Waals surface area contributed by atoms with E-state index in [9.17, 15) is 14.9 Å². The standard InChI is InChI=1S/C15H21NO7/c1-5-21-11-8-10(9-12(17)20-4)13(16(18)19)15(23-7-3)14(11)22-6-2/h8H,5-7,9H2,1-4H3. The third kappa shape index (κ3) is 4.48. The Hall–Kier alpha value is -2.51. The van der Waals surface area contributed by atoms with Crippen LogP contribution in [0.2, 0.25) is 0 Å². The van der Waals surface area contributed by atoms with Crippen LogP contribution in [0.5, 0.6) is 17.2 Å².